The molecule has 2 unspecified atom stereocenters. The molecular formula is C50H57N15O4. The van der Waals surface area contributed by atoms with Crippen molar-refractivity contribution in [2.45, 2.75) is 71.6 Å². The zero-order valence-electron chi connectivity index (χ0n) is 40.1. The fourth-order valence-corrected chi connectivity index (χ4v) is 10.2. The molecule has 0 spiro atoms. The highest BCUT2D eigenvalue weighted by Crippen LogP contribution is 2.39. The summed E-state index contributed by atoms with van der Waals surface area (Å²) in [4.78, 5) is 56.7. The first-order valence-electron chi connectivity index (χ1n) is 23.5. The Balaban J connectivity index is 0.963. The van der Waals surface area contributed by atoms with Crippen molar-refractivity contribution in [1.29, 1.82) is 0 Å². The first-order valence-corrected chi connectivity index (χ1v) is 23.5. The average molecular weight is 932 g/mol. The lowest BCUT2D eigenvalue weighted by Gasteiger charge is -2.37. The quantitative estimate of drug-likeness (QED) is 0.100. The molecular weight excluding hydrogens is 875 g/mol. The van der Waals surface area contributed by atoms with Crippen molar-refractivity contribution in [2.75, 3.05) is 49.6 Å². The van der Waals surface area contributed by atoms with Crippen LogP contribution in [0.2, 0.25) is 0 Å². The van der Waals surface area contributed by atoms with E-state index in [9.17, 15) is 19.8 Å². The second kappa shape index (κ2) is 17.9. The van der Waals surface area contributed by atoms with Gasteiger partial charge in [-0.1, -0.05) is 0 Å². The van der Waals surface area contributed by atoms with Crippen LogP contribution in [-0.4, -0.2) is 130 Å². The van der Waals surface area contributed by atoms with Gasteiger partial charge in [-0.25, -0.2) is 24.9 Å². The zero-order valence-corrected chi connectivity index (χ0v) is 40.1. The van der Waals surface area contributed by atoms with Crippen molar-refractivity contribution < 1.29 is 19.8 Å². The van der Waals surface area contributed by atoms with E-state index in [1.165, 1.54) is 0 Å². The van der Waals surface area contributed by atoms with E-state index in [2.05, 4.69) is 63.9 Å². The third-order valence-corrected chi connectivity index (χ3v) is 13.1. The van der Waals surface area contributed by atoms with Crippen molar-refractivity contribution in [3.8, 4) is 34.3 Å². The van der Waals surface area contributed by atoms with Crippen LogP contribution in [0.4, 0.5) is 11.5 Å². The van der Waals surface area contributed by atoms with E-state index in [0.717, 1.165) is 48.5 Å². The number of aryl methyl sites for hydroxylation is 4. The number of carbonyl (C=O) groups is 2. The Kier molecular flexibility index (Phi) is 11.7. The number of nitrogens with zero attached hydrogens (tertiary/aromatic N) is 11. The van der Waals surface area contributed by atoms with Crippen LogP contribution in [0, 0.1) is 6.92 Å². The minimum Gasteiger partial charge on any atom is -0.507 e. The standard InChI is InChI=1S/C50H57N15O4/c1-25-19-64(20-26(2)53-25)32-11-12-37-34(18-32)42(58-47(55-37)35-16-30-23-62(7)60-40(30)29(5)45(35)66)50(69)52-15-9-10-33-41-31(24-63(8)61-41)17-36(46(33)67)48-56-38-13-14-39(65-21-27(3)54-28(4)22-65)57-43(38)44(59-48)49(68)51-6/h11-14,16-18,23-28,53-54,66-67H,9-10,15,19-22H2,1-8H3,(H,51,68)(H,52,69)/t25-,26+,27?,28?. The van der Waals surface area contributed by atoms with Gasteiger partial charge < -0.3 is 41.3 Å². The van der Waals surface area contributed by atoms with Gasteiger partial charge in [-0.05, 0) is 89.9 Å². The third kappa shape index (κ3) is 8.56. The summed E-state index contributed by atoms with van der Waals surface area (Å²) in [5.41, 5.74) is 5.74. The van der Waals surface area contributed by atoms with Crippen LogP contribution >= 0.6 is 0 Å². The Morgan fingerprint density at radius 2 is 1.26 bits per heavy atom. The van der Waals surface area contributed by atoms with E-state index < -0.39 is 11.8 Å². The molecule has 0 saturated carbocycles. The lowest BCUT2D eigenvalue weighted by atomic mass is 10.00. The maximum Gasteiger partial charge on any atom is 0.272 e. The number of amides is 2. The molecule has 8 aromatic rings. The summed E-state index contributed by atoms with van der Waals surface area (Å²) in [6.45, 7) is 13.7. The number of carbonyl (C=O) groups excluding carboxylic acids is 2. The highest BCUT2D eigenvalue weighted by atomic mass is 16.3. The monoisotopic (exact) mass is 931 g/mol. The number of anilines is 2. The van der Waals surface area contributed by atoms with Crippen LogP contribution in [-0.2, 0) is 20.5 Å². The van der Waals surface area contributed by atoms with Gasteiger partial charge in [-0.2, -0.15) is 10.2 Å². The number of fused-ring (bicyclic) bond motifs is 4. The lowest BCUT2D eigenvalue weighted by Crippen LogP contribution is -2.54. The number of phenolic OH excluding ortho intramolecular Hbond substituents is 2. The first-order chi connectivity index (χ1) is 33.1. The molecule has 2 saturated heterocycles. The number of aromatic hydroxyl groups is 2. The Labute approximate surface area is 398 Å². The van der Waals surface area contributed by atoms with E-state index >= 15 is 0 Å². The summed E-state index contributed by atoms with van der Waals surface area (Å²) >= 11 is 0. The molecule has 2 amide bonds. The highest BCUT2D eigenvalue weighted by molar-refractivity contribution is 6.06. The Morgan fingerprint density at radius 1 is 0.681 bits per heavy atom. The van der Waals surface area contributed by atoms with Gasteiger partial charge in [0, 0.05) is 123 Å². The van der Waals surface area contributed by atoms with Gasteiger partial charge in [0.2, 0.25) is 0 Å². The lowest BCUT2D eigenvalue weighted by molar-refractivity contribution is 0.0945. The summed E-state index contributed by atoms with van der Waals surface area (Å²) in [7, 11) is 5.18. The maximum atomic E-state index is 14.5. The van der Waals surface area contributed by atoms with Crippen LogP contribution in [0.3, 0.4) is 0 Å². The Morgan fingerprint density at radius 3 is 1.93 bits per heavy atom. The summed E-state index contributed by atoms with van der Waals surface area (Å²) < 4.78 is 3.37. The molecule has 0 bridgehead atoms. The normalized spacial score (nSPS) is 18.7. The van der Waals surface area contributed by atoms with Crippen LogP contribution in [0.15, 0.2) is 54.9 Å². The molecule has 7 heterocycles. The molecule has 2 aliphatic heterocycles. The number of rotatable bonds is 10. The molecule has 6 N–H and O–H groups in total. The summed E-state index contributed by atoms with van der Waals surface area (Å²) in [6, 6.07) is 14.3. The fraction of sp³-hybridized carbons (Fsp3) is 0.380. The van der Waals surface area contributed by atoms with Gasteiger partial charge in [-0.15, -0.1) is 0 Å². The number of aromatic nitrogens is 9. The second-order valence-corrected chi connectivity index (χ2v) is 18.8. The number of phenols is 2. The smallest absolute Gasteiger partial charge is 0.272 e. The van der Waals surface area contributed by atoms with E-state index in [4.69, 9.17) is 30.0 Å². The summed E-state index contributed by atoms with van der Waals surface area (Å²) in [6.07, 6.45) is 4.47. The minimum atomic E-state index is -0.428. The number of hydrogen-bond acceptors (Lipinski definition) is 15. The van der Waals surface area contributed by atoms with Crippen molar-refractivity contribution in [1.82, 2.24) is 65.7 Å². The topological polar surface area (TPSA) is 229 Å². The largest absolute Gasteiger partial charge is 0.507 e. The molecule has 4 atom stereocenters. The average Bonchev–Trinajstić information content (AvgIpc) is 3.90. The van der Waals surface area contributed by atoms with E-state index in [1.807, 2.05) is 56.8 Å². The van der Waals surface area contributed by atoms with Gasteiger partial charge in [0.25, 0.3) is 11.8 Å². The number of nitrogens with one attached hydrogen (secondary N) is 4. The molecule has 10 rings (SSSR count). The summed E-state index contributed by atoms with van der Waals surface area (Å²) in [5.74, 6) is 0.194. The van der Waals surface area contributed by atoms with Crippen molar-refractivity contribution in [3.05, 3.63) is 77.4 Å². The minimum absolute atomic E-state index is 0.00450. The fourth-order valence-electron chi connectivity index (χ4n) is 10.2. The molecule has 0 radical (unpaired) electrons. The van der Waals surface area contributed by atoms with Crippen LogP contribution in [0.25, 0.3) is 66.5 Å². The van der Waals surface area contributed by atoms with Gasteiger partial charge in [-0.3, -0.25) is 19.0 Å². The number of hydrogen-bond donors (Lipinski definition) is 6. The predicted molar refractivity (Wildman–Crippen MR) is 267 cm³/mol. The van der Waals surface area contributed by atoms with E-state index in [-0.39, 0.29) is 65.2 Å². The number of piperazine rings is 2. The van der Waals surface area contributed by atoms with Crippen molar-refractivity contribution in [2.24, 2.45) is 14.1 Å². The third-order valence-electron chi connectivity index (χ3n) is 13.1. The number of pyridine rings is 1. The zero-order chi connectivity index (χ0) is 48.4. The summed E-state index contributed by atoms with van der Waals surface area (Å²) in [5, 5.41) is 47.8. The van der Waals surface area contributed by atoms with Gasteiger partial charge in [0.1, 0.15) is 28.5 Å². The SMILES string of the molecule is CNC(=O)c1nc(-c2cc3cn(C)nc3c(CCCNC(=O)c3nc(-c4cc5cn(C)nc5c(C)c4O)nc4ccc(N5C[C@@H](C)N[C@@H](C)C5)cc34)c2O)nc2ccc(N3CC(C)NC(C)C3)nc12. The van der Waals surface area contributed by atoms with Crippen molar-refractivity contribution >= 4 is 67.1 Å². The Hall–Kier alpha value is -7.51. The van der Waals surface area contributed by atoms with E-state index in [1.54, 1.807) is 35.5 Å². The predicted octanol–water partition coefficient (Wildman–Crippen LogP) is 4.89. The highest BCUT2D eigenvalue weighted by Gasteiger charge is 2.28. The van der Waals surface area contributed by atoms with Crippen LogP contribution in [0.5, 0.6) is 11.5 Å². The maximum absolute atomic E-state index is 14.5. The molecule has 19 heteroatoms. The first kappa shape index (κ1) is 45.3. The molecule has 69 heavy (non-hydrogen) atoms. The molecule has 2 fully saturated rings. The van der Waals surface area contributed by atoms with Crippen molar-refractivity contribution in [3.63, 3.8) is 0 Å². The number of benzene rings is 3. The van der Waals surface area contributed by atoms with Gasteiger partial charge >= 0.3 is 0 Å². The molecule has 3 aromatic carbocycles. The van der Waals surface area contributed by atoms with Crippen LogP contribution in [0.1, 0.15) is 66.2 Å². The van der Waals surface area contributed by atoms with Gasteiger partial charge in [0.05, 0.1) is 33.2 Å². The molecule has 5 aromatic heterocycles. The second-order valence-electron chi connectivity index (χ2n) is 18.8. The van der Waals surface area contributed by atoms with E-state index in [0.29, 0.717) is 68.1 Å². The molecule has 2 aliphatic rings. The van der Waals surface area contributed by atoms with Gasteiger partial charge in [0.15, 0.2) is 17.3 Å². The van der Waals surface area contributed by atoms with Crippen LogP contribution < -0.4 is 31.1 Å². The Bertz CT molecular complexity index is 3330. The molecule has 0 aliphatic carbocycles. The molecule has 19 nitrogen and oxygen atoms in total. The molecule has 356 valence electrons.